The SMILES string of the molecule is CCC1CN(C(=O)C(C)C#N)CCS1. The van der Waals surface area contributed by atoms with E-state index < -0.39 is 5.92 Å². The van der Waals surface area contributed by atoms with Gasteiger partial charge in [0.05, 0.1) is 6.07 Å². The Hall–Kier alpha value is -0.690. The number of nitriles is 1. The lowest BCUT2D eigenvalue weighted by Gasteiger charge is -2.32. The molecule has 0 bridgehead atoms. The largest absolute Gasteiger partial charge is 0.340 e. The minimum atomic E-state index is -0.490. The van der Waals surface area contributed by atoms with Crippen LogP contribution in [0.1, 0.15) is 20.3 Å². The molecule has 0 aliphatic carbocycles. The highest BCUT2D eigenvalue weighted by atomic mass is 32.2. The molecule has 0 radical (unpaired) electrons. The summed E-state index contributed by atoms with van der Waals surface area (Å²) in [7, 11) is 0. The van der Waals surface area contributed by atoms with Gasteiger partial charge in [-0.05, 0) is 13.3 Å². The number of hydrogen-bond donors (Lipinski definition) is 0. The Morgan fingerprint density at radius 1 is 1.79 bits per heavy atom. The summed E-state index contributed by atoms with van der Waals surface area (Å²) in [5.74, 6) is 0.504. The van der Waals surface area contributed by atoms with Crippen LogP contribution < -0.4 is 0 Å². The summed E-state index contributed by atoms with van der Waals surface area (Å²) in [6.45, 7) is 5.42. The summed E-state index contributed by atoms with van der Waals surface area (Å²) in [6, 6.07) is 2.00. The summed E-state index contributed by atoms with van der Waals surface area (Å²) >= 11 is 1.93. The summed E-state index contributed by atoms with van der Waals surface area (Å²) < 4.78 is 0. The first-order valence-electron chi connectivity index (χ1n) is 4.99. The van der Waals surface area contributed by atoms with E-state index in [0.717, 1.165) is 25.3 Å². The fourth-order valence-electron chi connectivity index (χ4n) is 1.50. The van der Waals surface area contributed by atoms with Crippen molar-refractivity contribution >= 4 is 17.7 Å². The lowest BCUT2D eigenvalue weighted by Crippen LogP contribution is -2.43. The highest BCUT2D eigenvalue weighted by molar-refractivity contribution is 8.00. The molecule has 1 heterocycles. The average molecular weight is 212 g/mol. The van der Waals surface area contributed by atoms with Gasteiger partial charge in [0.2, 0.25) is 5.91 Å². The first-order valence-corrected chi connectivity index (χ1v) is 6.04. The van der Waals surface area contributed by atoms with Gasteiger partial charge in [0.1, 0.15) is 5.92 Å². The van der Waals surface area contributed by atoms with E-state index in [0.29, 0.717) is 5.25 Å². The van der Waals surface area contributed by atoms with E-state index in [4.69, 9.17) is 5.26 Å². The summed E-state index contributed by atoms with van der Waals surface area (Å²) in [5.41, 5.74) is 0. The minimum absolute atomic E-state index is 0.00810. The van der Waals surface area contributed by atoms with Crippen LogP contribution in [0.3, 0.4) is 0 Å². The van der Waals surface area contributed by atoms with Crippen LogP contribution >= 0.6 is 11.8 Å². The number of nitrogens with zero attached hydrogens (tertiary/aromatic N) is 2. The maximum absolute atomic E-state index is 11.7. The van der Waals surface area contributed by atoms with Gasteiger partial charge in [0, 0.05) is 24.1 Å². The third-order valence-corrected chi connectivity index (χ3v) is 3.84. The van der Waals surface area contributed by atoms with Gasteiger partial charge in [-0.25, -0.2) is 0 Å². The van der Waals surface area contributed by atoms with Crippen molar-refractivity contribution in [3.63, 3.8) is 0 Å². The van der Waals surface area contributed by atoms with E-state index in [9.17, 15) is 4.79 Å². The van der Waals surface area contributed by atoms with Gasteiger partial charge in [0.15, 0.2) is 0 Å². The standard InChI is InChI=1S/C10H16N2OS/c1-3-9-7-12(4-5-14-9)10(13)8(2)6-11/h8-9H,3-5,7H2,1-2H3. The van der Waals surface area contributed by atoms with E-state index in [-0.39, 0.29) is 5.91 Å². The second kappa shape index (κ2) is 5.26. The Morgan fingerprint density at radius 3 is 3.07 bits per heavy atom. The second-order valence-electron chi connectivity index (χ2n) is 3.54. The lowest BCUT2D eigenvalue weighted by atomic mass is 10.1. The smallest absolute Gasteiger partial charge is 0.239 e. The van der Waals surface area contributed by atoms with Crippen LogP contribution in [0, 0.1) is 17.2 Å². The predicted molar refractivity (Wildman–Crippen MR) is 57.9 cm³/mol. The first kappa shape index (κ1) is 11.4. The van der Waals surface area contributed by atoms with Crippen molar-refractivity contribution in [1.82, 2.24) is 4.90 Å². The van der Waals surface area contributed by atoms with Gasteiger partial charge >= 0.3 is 0 Å². The number of carbonyl (C=O) groups excluding carboxylic acids is 1. The molecular formula is C10H16N2OS. The Kier molecular flexibility index (Phi) is 4.27. The maximum atomic E-state index is 11.7. The van der Waals surface area contributed by atoms with Crippen molar-refractivity contribution < 1.29 is 4.79 Å². The third kappa shape index (κ3) is 2.65. The molecule has 3 nitrogen and oxygen atoms in total. The fourth-order valence-corrected chi connectivity index (χ4v) is 2.68. The van der Waals surface area contributed by atoms with Gasteiger partial charge in [-0.15, -0.1) is 0 Å². The van der Waals surface area contributed by atoms with Crippen LogP contribution in [0.15, 0.2) is 0 Å². The van der Waals surface area contributed by atoms with E-state index in [1.165, 1.54) is 0 Å². The average Bonchev–Trinajstić information content (AvgIpc) is 2.27. The summed E-state index contributed by atoms with van der Waals surface area (Å²) in [5, 5.41) is 9.21. The second-order valence-corrected chi connectivity index (χ2v) is 4.94. The van der Waals surface area contributed by atoms with Crippen LogP contribution in [-0.4, -0.2) is 34.9 Å². The molecule has 1 fully saturated rings. The van der Waals surface area contributed by atoms with Gasteiger partial charge in [-0.3, -0.25) is 4.79 Å². The molecule has 0 spiro atoms. The van der Waals surface area contributed by atoms with Crippen molar-refractivity contribution in [1.29, 1.82) is 5.26 Å². The Bertz CT molecular complexity index is 249. The quantitative estimate of drug-likeness (QED) is 0.696. The fraction of sp³-hybridized carbons (Fsp3) is 0.800. The summed E-state index contributed by atoms with van der Waals surface area (Å²) in [6.07, 6.45) is 1.09. The van der Waals surface area contributed by atoms with Crippen LogP contribution in [0.25, 0.3) is 0 Å². The molecule has 0 saturated carbocycles. The molecule has 1 aliphatic heterocycles. The Morgan fingerprint density at radius 2 is 2.50 bits per heavy atom. The zero-order valence-electron chi connectivity index (χ0n) is 8.69. The first-order chi connectivity index (χ1) is 6.69. The van der Waals surface area contributed by atoms with Crippen molar-refractivity contribution in [2.24, 2.45) is 5.92 Å². The van der Waals surface area contributed by atoms with Crippen molar-refractivity contribution in [2.45, 2.75) is 25.5 Å². The molecule has 0 aromatic rings. The van der Waals surface area contributed by atoms with Crippen molar-refractivity contribution in [3.8, 4) is 6.07 Å². The van der Waals surface area contributed by atoms with Crippen LogP contribution in [0.4, 0.5) is 0 Å². The van der Waals surface area contributed by atoms with Gasteiger partial charge in [-0.2, -0.15) is 17.0 Å². The zero-order valence-corrected chi connectivity index (χ0v) is 9.51. The van der Waals surface area contributed by atoms with E-state index in [1.54, 1.807) is 6.92 Å². The molecule has 78 valence electrons. The van der Waals surface area contributed by atoms with Crippen LogP contribution in [0.2, 0.25) is 0 Å². The minimum Gasteiger partial charge on any atom is -0.340 e. The highest BCUT2D eigenvalue weighted by Gasteiger charge is 2.25. The van der Waals surface area contributed by atoms with Crippen molar-refractivity contribution in [3.05, 3.63) is 0 Å². The highest BCUT2D eigenvalue weighted by Crippen LogP contribution is 2.21. The Labute approximate surface area is 89.5 Å². The molecule has 2 atom stereocenters. The number of hydrogen-bond acceptors (Lipinski definition) is 3. The Balaban J connectivity index is 2.52. The molecule has 2 unspecified atom stereocenters. The molecule has 0 N–H and O–H groups in total. The maximum Gasteiger partial charge on any atom is 0.239 e. The number of rotatable bonds is 2. The number of thioether (sulfide) groups is 1. The van der Waals surface area contributed by atoms with Gasteiger partial charge in [0.25, 0.3) is 0 Å². The zero-order chi connectivity index (χ0) is 10.6. The van der Waals surface area contributed by atoms with E-state index >= 15 is 0 Å². The molecule has 0 aromatic carbocycles. The monoisotopic (exact) mass is 212 g/mol. The molecular weight excluding hydrogens is 196 g/mol. The number of amides is 1. The van der Waals surface area contributed by atoms with E-state index in [2.05, 4.69) is 6.92 Å². The lowest BCUT2D eigenvalue weighted by molar-refractivity contribution is -0.133. The molecule has 1 saturated heterocycles. The third-order valence-electron chi connectivity index (χ3n) is 2.47. The van der Waals surface area contributed by atoms with Gasteiger partial charge < -0.3 is 4.90 Å². The molecule has 1 aliphatic rings. The van der Waals surface area contributed by atoms with Gasteiger partial charge in [-0.1, -0.05) is 6.92 Å². The molecule has 1 amide bonds. The van der Waals surface area contributed by atoms with Crippen LogP contribution in [-0.2, 0) is 4.79 Å². The predicted octanol–water partition coefficient (Wildman–Crippen LogP) is 1.50. The molecule has 1 rings (SSSR count). The summed E-state index contributed by atoms with van der Waals surface area (Å²) in [4.78, 5) is 13.5. The van der Waals surface area contributed by atoms with E-state index in [1.807, 2.05) is 22.7 Å². The van der Waals surface area contributed by atoms with Crippen LogP contribution in [0.5, 0.6) is 0 Å². The normalized spacial score (nSPS) is 24.1. The number of carbonyl (C=O) groups is 1. The molecule has 0 aromatic heterocycles. The molecule has 4 heteroatoms. The molecule has 14 heavy (non-hydrogen) atoms. The van der Waals surface area contributed by atoms with Crippen molar-refractivity contribution in [2.75, 3.05) is 18.8 Å². The topological polar surface area (TPSA) is 44.1 Å².